The molecule has 0 saturated carbocycles. The Morgan fingerprint density at radius 2 is 1.81 bits per heavy atom. The molecule has 0 spiro atoms. The second kappa shape index (κ2) is 5.72. The third kappa shape index (κ3) is 2.71. The average Bonchev–Trinajstić information content (AvgIpc) is 2.51. The number of hydrogen-bond donors (Lipinski definition) is 1. The van der Waals surface area contributed by atoms with E-state index in [0.717, 1.165) is 10.9 Å². The number of amides is 1. The van der Waals surface area contributed by atoms with Gasteiger partial charge in [0.15, 0.2) is 0 Å². The highest BCUT2D eigenvalue weighted by atomic mass is 35.5. The van der Waals surface area contributed by atoms with Crippen LogP contribution in [-0.4, -0.2) is 10.9 Å². The maximum atomic E-state index is 12.5. The van der Waals surface area contributed by atoms with Crippen LogP contribution in [0.25, 0.3) is 10.9 Å². The van der Waals surface area contributed by atoms with E-state index in [1.165, 1.54) is 0 Å². The molecule has 21 heavy (non-hydrogen) atoms. The van der Waals surface area contributed by atoms with Crippen molar-refractivity contribution in [1.29, 1.82) is 0 Å². The van der Waals surface area contributed by atoms with Gasteiger partial charge < -0.3 is 5.32 Å². The maximum Gasteiger partial charge on any atom is 0.256 e. The number of para-hydroxylation sites is 1. The lowest BCUT2D eigenvalue weighted by Crippen LogP contribution is -2.13. The maximum absolute atomic E-state index is 12.5. The third-order valence-electron chi connectivity index (χ3n) is 3.09. The van der Waals surface area contributed by atoms with Crippen LogP contribution in [-0.2, 0) is 0 Å². The Bertz CT molecular complexity index is 828. The van der Waals surface area contributed by atoms with Gasteiger partial charge in [-0.2, -0.15) is 0 Å². The van der Waals surface area contributed by atoms with Crippen LogP contribution in [0.5, 0.6) is 0 Å². The van der Waals surface area contributed by atoms with Crippen molar-refractivity contribution in [2.75, 3.05) is 5.32 Å². The first-order valence-electron chi connectivity index (χ1n) is 6.26. The first kappa shape index (κ1) is 13.9. The number of fused-ring (bicyclic) bond motifs is 1. The van der Waals surface area contributed by atoms with E-state index in [0.29, 0.717) is 21.3 Å². The molecule has 0 fully saturated rings. The van der Waals surface area contributed by atoms with Crippen molar-refractivity contribution >= 4 is 45.7 Å². The van der Waals surface area contributed by atoms with Gasteiger partial charge in [-0.3, -0.25) is 9.78 Å². The fourth-order valence-corrected chi connectivity index (χ4v) is 2.43. The smallest absolute Gasteiger partial charge is 0.256 e. The number of nitrogens with one attached hydrogen (secondary N) is 1. The summed E-state index contributed by atoms with van der Waals surface area (Å²) in [6.07, 6.45) is 1.61. The van der Waals surface area contributed by atoms with Gasteiger partial charge in [0.1, 0.15) is 0 Å². The van der Waals surface area contributed by atoms with Gasteiger partial charge in [0.2, 0.25) is 0 Å². The van der Waals surface area contributed by atoms with E-state index in [4.69, 9.17) is 23.2 Å². The molecule has 5 heteroatoms. The first-order valence-corrected chi connectivity index (χ1v) is 7.01. The third-order valence-corrected chi connectivity index (χ3v) is 3.91. The van der Waals surface area contributed by atoms with Gasteiger partial charge >= 0.3 is 0 Å². The van der Waals surface area contributed by atoms with E-state index in [-0.39, 0.29) is 5.91 Å². The predicted molar refractivity (Wildman–Crippen MR) is 86.2 cm³/mol. The molecule has 2 aromatic carbocycles. The van der Waals surface area contributed by atoms with Crippen LogP contribution in [0.2, 0.25) is 10.0 Å². The summed E-state index contributed by atoms with van der Waals surface area (Å²) < 4.78 is 0. The number of nitrogens with zero attached hydrogens (tertiary/aromatic N) is 1. The second-order valence-electron chi connectivity index (χ2n) is 4.43. The topological polar surface area (TPSA) is 42.0 Å². The number of rotatable bonds is 2. The lowest BCUT2D eigenvalue weighted by Gasteiger charge is -2.09. The van der Waals surface area contributed by atoms with E-state index in [9.17, 15) is 4.79 Å². The summed E-state index contributed by atoms with van der Waals surface area (Å²) in [6.45, 7) is 0. The van der Waals surface area contributed by atoms with E-state index in [1.807, 2.05) is 24.3 Å². The van der Waals surface area contributed by atoms with Crippen molar-refractivity contribution in [2.45, 2.75) is 0 Å². The van der Waals surface area contributed by atoms with Crippen LogP contribution < -0.4 is 5.32 Å². The van der Waals surface area contributed by atoms with E-state index < -0.39 is 0 Å². The van der Waals surface area contributed by atoms with Gasteiger partial charge in [-0.05, 0) is 24.3 Å². The number of benzene rings is 2. The van der Waals surface area contributed by atoms with Crippen LogP contribution in [0.15, 0.2) is 54.7 Å². The largest absolute Gasteiger partial charge is 0.321 e. The summed E-state index contributed by atoms with van der Waals surface area (Å²) >= 11 is 12.0. The molecule has 0 atom stereocenters. The number of aromatic nitrogens is 1. The Balaban J connectivity index is 2.00. The van der Waals surface area contributed by atoms with Crippen LogP contribution in [0, 0.1) is 0 Å². The van der Waals surface area contributed by atoms with E-state index in [1.54, 1.807) is 30.5 Å². The summed E-state index contributed by atoms with van der Waals surface area (Å²) in [6, 6.07) is 14.2. The minimum Gasteiger partial charge on any atom is -0.321 e. The molecule has 0 aliphatic carbocycles. The molecule has 0 aliphatic heterocycles. The zero-order valence-electron chi connectivity index (χ0n) is 10.8. The van der Waals surface area contributed by atoms with Gasteiger partial charge in [-0.15, -0.1) is 0 Å². The number of pyridine rings is 1. The van der Waals surface area contributed by atoms with Gasteiger partial charge in [0.05, 0.1) is 26.8 Å². The summed E-state index contributed by atoms with van der Waals surface area (Å²) in [5.41, 5.74) is 1.79. The van der Waals surface area contributed by atoms with Crippen molar-refractivity contribution in [1.82, 2.24) is 4.98 Å². The van der Waals surface area contributed by atoms with Crippen molar-refractivity contribution in [3.8, 4) is 0 Å². The predicted octanol–water partition coefficient (Wildman–Crippen LogP) is 4.79. The Hall–Kier alpha value is -2.10. The first-order chi connectivity index (χ1) is 10.2. The Labute approximate surface area is 131 Å². The van der Waals surface area contributed by atoms with Gasteiger partial charge in [-0.25, -0.2) is 0 Å². The molecular formula is C16H10Cl2N2O. The highest BCUT2D eigenvalue weighted by molar-refractivity contribution is 6.44. The van der Waals surface area contributed by atoms with Gasteiger partial charge in [0, 0.05) is 11.6 Å². The molecule has 1 aromatic heterocycles. The van der Waals surface area contributed by atoms with Crippen molar-refractivity contribution in [2.24, 2.45) is 0 Å². The molecule has 3 rings (SSSR count). The van der Waals surface area contributed by atoms with Gasteiger partial charge in [0.25, 0.3) is 5.91 Å². The molecule has 104 valence electrons. The number of anilines is 1. The lowest BCUT2D eigenvalue weighted by molar-refractivity contribution is 0.102. The van der Waals surface area contributed by atoms with Crippen LogP contribution in [0.1, 0.15) is 10.4 Å². The van der Waals surface area contributed by atoms with Crippen molar-refractivity contribution < 1.29 is 4.79 Å². The second-order valence-corrected chi connectivity index (χ2v) is 5.22. The number of hydrogen-bond acceptors (Lipinski definition) is 2. The SMILES string of the molecule is O=C(Nc1cccc(Cl)c1Cl)c1ccnc2ccccc12. The van der Waals surface area contributed by atoms with Crippen molar-refractivity contribution in [3.05, 3.63) is 70.3 Å². The average molecular weight is 317 g/mol. The Kier molecular flexibility index (Phi) is 3.78. The summed E-state index contributed by atoms with van der Waals surface area (Å²) in [4.78, 5) is 16.7. The number of carbonyl (C=O) groups is 1. The van der Waals surface area contributed by atoms with E-state index in [2.05, 4.69) is 10.3 Å². The van der Waals surface area contributed by atoms with Crippen LogP contribution in [0.3, 0.4) is 0 Å². The van der Waals surface area contributed by atoms with E-state index >= 15 is 0 Å². The molecule has 1 amide bonds. The molecule has 0 bridgehead atoms. The molecule has 1 N–H and O–H groups in total. The fraction of sp³-hybridized carbons (Fsp3) is 0. The molecule has 0 aliphatic rings. The minimum atomic E-state index is -0.252. The van der Waals surface area contributed by atoms with Crippen LogP contribution in [0.4, 0.5) is 5.69 Å². The van der Waals surface area contributed by atoms with Crippen LogP contribution >= 0.6 is 23.2 Å². The normalized spacial score (nSPS) is 10.6. The molecule has 0 saturated heterocycles. The summed E-state index contributed by atoms with van der Waals surface area (Å²) in [5.74, 6) is -0.252. The monoisotopic (exact) mass is 316 g/mol. The fourth-order valence-electron chi connectivity index (χ4n) is 2.08. The van der Waals surface area contributed by atoms with Gasteiger partial charge in [-0.1, -0.05) is 47.5 Å². The Morgan fingerprint density at radius 3 is 2.67 bits per heavy atom. The number of halogens is 2. The quantitative estimate of drug-likeness (QED) is 0.738. The molecule has 3 nitrogen and oxygen atoms in total. The molecule has 3 aromatic rings. The molecule has 0 radical (unpaired) electrons. The Morgan fingerprint density at radius 1 is 1.00 bits per heavy atom. The molecular weight excluding hydrogens is 307 g/mol. The summed E-state index contributed by atoms with van der Waals surface area (Å²) in [7, 11) is 0. The highest BCUT2D eigenvalue weighted by Gasteiger charge is 2.13. The standard InChI is InChI=1S/C16H10Cl2N2O/c17-12-5-3-7-14(15(12)18)20-16(21)11-8-9-19-13-6-2-1-4-10(11)13/h1-9H,(H,20,21). The zero-order chi connectivity index (χ0) is 14.8. The summed E-state index contributed by atoms with van der Waals surface area (Å²) in [5, 5.41) is 4.29. The molecule has 1 heterocycles. The highest BCUT2D eigenvalue weighted by Crippen LogP contribution is 2.30. The molecule has 0 unspecified atom stereocenters. The van der Waals surface area contributed by atoms with Crippen molar-refractivity contribution in [3.63, 3.8) is 0 Å². The lowest BCUT2D eigenvalue weighted by atomic mass is 10.1. The minimum absolute atomic E-state index is 0.252. The zero-order valence-corrected chi connectivity index (χ0v) is 12.3. The number of carbonyl (C=O) groups excluding carboxylic acids is 1.